The van der Waals surface area contributed by atoms with Crippen LogP contribution in [0.15, 0.2) is 12.1 Å². The summed E-state index contributed by atoms with van der Waals surface area (Å²) in [6.07, 6.45) is 1.20. The zero-order chi connectivity index (χ0) is 12.3. The van der Waals surface area contributed by atoms with Crippen molar-refractivity contribution in [1.29, 1.82) is 0 Å². The van der Waals surface area contributed by atoms with Crippen molar-refractivity contribution in [3.05, 3.63) is 29.1 Å². The van der Waals surface area contributed by atoms with Crippen molar-refractivity contribution >= 4 is 5.97 Å². The highest BCUT2D eigenvalue weighted by Gasteiger charge is 2.21. The second kappa shape index (κ2) is 4.94. The number of halogens is 1. The highest BCUT2D eigenvalue weighted by atomic mass is 19.1. The largest absolute Gasteiger partial charge is 0.507 e. The number of phenols is 1. The lowest BCUT2D eigenvalue weighted by atomic mass is 9.98. The van der Waals surface area contributed by atoms with Crippen molar-refractivity contribution in [3.63, 3.8) is 0 Å². The first kappa shape index (κ1) is 12.4. The molecule has 1 atom stereocenters. The van der Waals surface area contributed by atoms with Gasteiger partial charge in [0.2, 0.25) is 0 Å². The second-order valence-electron chi connectivity index (χ2n) is 3.56. The summed E-state index contributed by atoms with van der Waals surface area (Å²) < 4.78 is 13.4. The van der Waals surface area contributed by atoms with E-state index in [9.17, 15) is 14.3 Å². The SMILES string of the molecule is CCC[C@@H](N)c1c(F)ccc(C(=O)O)c1O. The van der Waals surface area contributed by atoms with Crippen LogP contribution in [0.2, 0.25) is 0 Å². The molecule has 0 saturated heterocycles. The first-order valence-electron chi connectivity index (χ1n) is 4.99. The van der Waals surface area contributed by atoms with Crippen molar-refractivity contribution in [2.24, 2.45) is 5.73 Å². The maximum atomic E-state index is 13.4. The predicted molar refractivity (Wildman–Crippen MR) is 56.9 cm³/mol. The third-order valence-corrected chi connectivity index (χ3v) is 2.36. The Kier molecular flexibility index (Phi) is 3.84. The molecule has 0 aliphatic rings. The van der Waals surface area contributed by atoms with Crippen LogP contribution in [0, 0.1) is 5.82 Å². The molecule has 4 N–H and O–H groups in total. The van der Waals surface area contributed by atoms with Crippen molar-refractivity contribution in [2.45, 2.75) is 25.8 Å². The Labute approximate surface area is 92.5 Å². The minimum Gasteiger partial charge on any atom is -0.507 e. The Morgan fingerprint density at radius 3 is 2.69 bits per heavy atom. The summed E-state index contributed by atoms with van der Waals surface area (Å²) in [5, 5.41) is 18.4. The van der Waals surface area contributed by atoms with Crippen molar-refractivity contribution in [2.75, 3.05) is 0 Å². The molecule has 0 aliphatic carbocycles. The predicted octanol–water partition coefficient (Wildman–Crippen LogP) is 2.03. The number of rotatable bonds is 4. The van der Waals surface area contributed by atoms with Crippen molar-refractivity contribution < 1.29 is 19.4 Å². The fourth-order valence-corrected chi connectivity index (χ4v) is 1.56. The van der Waals surface area contributed by atoms with Crippen molar-refractivity contribution in [3.8, 4) is 5.75 Å². The number of benzene rings is 1. The summed E-state index contributed by atoms with van der Waals surface area (Å²) in [5.41, 5.74) is 5.23. The van der Waals surface area contributed by atoms with Crippen LogP contribution in [-0.4, -0.2) is 16.2 Å². The fourth-order valence-electron chi connectivity index (χ4n) is 1.56. The third kappa shape index (κ3) is 2.30. The highest BCUT2D eigenvalue weighted by molar-refractivity contribution is 5.91. The fraction of sp³-hybridized carbons (Fsp3) is 0.364. The molecule has 0 fully saturated rings. The molecule has 1 rings (SSSR count). The van der Waals surface area contributed by atoms with E-state index < -0.39 is 23.6 Å². The van der Waals surface area contributed by atoms with Gasteiger partial charge in [0.25, 0.3) is 0 Å². The molecule has 0 heterocycles. The minimum absolute atomic E-state index is 0.123. The summed E-state index contributed by atoms with van der Waals surface area (Å²) >= 11 is 0. The summed E-state index contributed by atoms with van der Waals surface area (Å²) in [7, 11) is 0. The Hall–Kier alpha value is -1.62. The molecule has 0 spiro atoms. The second-order valence-corrected chi connectivity index (χ2v) is 3.56. The lowest BCUT2D eigenvalue weighted by molar-refractivity contribution is 0.0693. The molecule has 0 radical (unpaired) electrons. The molecular formula is C11H14FNO3. The van der Waals surface area contributed by atoms with Gasteiger partial charge >= 0.3 is 5.97 Å². The van der Waals surface area contributed by atoms with Gasteiger partial charge < -0.3 is 15.9 Å². The van der Waals surface area contributed by atoms with Crippen LogP contribution in [-0.2, 0) is 0 Å². The van der Waals surface area contributed by atoms with E-state index in [0.717, 1.165) is 18.6 Å². The Bertz CT molecular complexity index is 406. The van der Waals surface area contributed by atoms with E-state index >= 15 is 0 Å². The van der Waals surface area contributed by atoms with Crippen LogP contribution in [0.1, 0.15) is 41.7 Å². The maximum absolute atomic E-state index is 13.4. The molecule has 0 bridgehead atoms. The monoisotopic (exact) mass is 227 g/mol. The molecule has 1 aromatic rings. The van der Waals surface area contributed by atoms with Gasteiger partial charge in [-0.25, -0.2) is 9.18 Å². The Balaban J connectivity index is 3.26. The normalized spacial score (nSPS) is 12.4. The van der Waals surface area contributed by atoms with Gasteiger partial charge in [-0.15, -0.1) is 0 Å². The summed E-state index contributed by atoms with van der Waals surface area (Å²) in [6, 6.07) is 1.34. The first-order valence-corrected chi connectivity index (χ1v) is 4.99. The molecule has 16 heavy (non-hydrogen) atoms. The van der Waals surface area contributed by atoms with E-state index in [1.165, 1.54) is 0 Å². The van der Waals surface area contributed by atoms with Gasteiger partial charge in [-0.1, -0.05) is 13.3 Å². The number of hydrogen-bond donors (Lipinski definition) is 3. The van der Waals surface area contributed by atoms with Crippen LogP contribution in [0.3, 0.4) is 0 Å². The summed E-state index contributed by atoms with van der Waals surface area (Å²) in [4.78, 5) is 10.7. The quantitative estimate of drug-likeness (QED) is 0.734. The van der Waals surface area contributed by atoms with Gasteiger partial charge in [0.15, 0.2) is 0 Å². The van der Waals surface area contributed by atoms with Gasteiger partial charge in [-0.3, -0.25) is 0 Å². The maximum Gasteiger partial charge on any atom is 0.339 e. The molecule has 5 heteroatoms. The zero-order valence-corrected chi connectivity index (χ0v) is 8.90. The Morgan fingerprint density at radius 1 is 1.56 bits per heavy atom. The third-order valence-electron chi connectivity index (χ3n) is 2.36. The van der Waals surface area contributed by atoms with Gasteiger partial charge in [0.1, 0.15) is 17.1 Å². The molecule has 0 unspecified atom stereocenters. The number of carboxylic acid groups (broad SMARTS) is 1. The van der Waals surface area contributed by atoms with Gasteiger partial charge in [-0.2, -0.15) is 0 Å². The molecule has 0 amide bonds. The van der Waals surface area contributed by atoms with E-state index in [1.54, 1.807) is 0 Å². The summed E-state index contributed by atoms with van der Waals surface area (Å²) in [6.45, 7) is 1.87. The van der Waals surface area contributed by atoms with E-state index in [2.05, 4.69) is 0 Å². The number of aromatic carboxylic acids is 1. The molecule has 1 aromatic carbocycles. The highest BCUT2D eigenvalue weighted by Crippen LogP contribution is 2.31. The molecule has 4 nitrogen and oxygen atoms in total. The smallest absolute Gasteiger partial charge is 0.339 e. The molecule has 0 aliphatic heterocycles. The topological polar surface area (TPSA) is 83.6 Å². The number of carbonyl (C=O) groups is 1. The average molecular weight is 227 g/mol. The van der Waals surface area contributed by atoms with E-state index in [0.29, 0.717) is 6.42 Å². The van der Waals surface area contributed by atoms with Gasteiger partial charge in [0.05, 0.1) is 0 Å². The average Bonchev–Trinajstić information content (AvgIpc) is 2.17. The first-order chi connectivity index (χ1) is 7.49. The number of hydrogen-bond acceptors (Lipinski definition) is 3. The van der Waals surface area contributed by atoms with Crippen LogP contribution in [0.25, 0.3) is 0 Å². The Morgan fingerprint density at radius 2 is 2.19 bits per heavy atom. The summed E-state index contributed by atoms with van der Waals surface area (Å²) in [5.74, 6) is -2.56. The number of aromatic hydroxyl groups is 1. The van der Waals surface area contributed by atoms with Crippen LogP contribution < -0.4 is 5.73 Å². The lowest BCUT2D eigenvalue weighted by Crippen LogP contribution is -2.13. The minimum atomic E-state index is -1.30. The van der Waals surface area contributed by atoms with E-state index in [1.807, 2.05) is 6.92 Å². The zero-order valence-electron chi connectivity index (χ0n) is 8.90. The number of nitrogens with two attached hydrogens (primary N) is 1. The molecule has 0 aromatic heterocycles. The van der Waals surface area contributed by atoms with Crippen molar-refractivity contribution in [1.82, 2.24) is 0 Å². The van der Waals surface area contributed by atoms with E-state index in [4.69, 9.17) is 10.8 Å². The lowest BCUT2D eigenvalue weighted by Gasteiger charge is -2.14. The van der Waals surface area contributed by atoms with Gasteiger partial charge in [-0.05, 0) is 18.6 Å². The molecule has 88 valence electrons. The molecule has 0 saturated carbocycles. The number of carboxylic acids is 1. The standard InChI is InChI=1S/C11H14FNO3/c1-2-3-8(13)9-7(12)5-4-6(10(9)14)11(15)16/h4-5,8,14H,2-3,13H2,1H3,(H,15,16)/t8-/m1/s1. The van der Waals surface area contributed by atoms with Crippen LogP contribution in [0.5, 0.6) is 5.75 Å². The van der Waals surface area contributed by atoms with Gasteiger partial charge in [0, 0.05) is 11.6 Å². The van der Waals surface area contributed by atoms with Crippen LogP contribution >= 0.6 is 0 Å². The molecular weight excluding hydrogens is 213 g/mol. The van der Waals surface area contributed by atoms with Crippen LogP contribution in [0.4, 0.5) is 4.39 Å². The van der Waals surface area contributed by atoms with E-state index in [-0.39, 0.29) is 11.1 Å².